The Morgan fingerprint density at radius 3 is 2.72 bits per heavy atom. The fraction of sp³-hybridized carbons (Fsp3) is 0.933. The van der Waals surface area contributed by atoms with Crippen molar-refractivity contribution in [2.24, 2.45) is 17.6 Å². The van der Waals surface area contributed by atoms with E-state index in [1.165, 1.54) is 12.8 Å². The van der Waals surface area contributed by atoms with Crippen LogP contribution < -0.4 is 11.1 Å². The Kier molecular flexibility index (Phi) is 6.13. The summed E-state index contributed by atoms with van der Waals surface area (Å²) in [6, 6.07) is 0. The Balaban J connectivity index is 2.45. The smallest absolute Gasteiger partial charge is 0.223 e. The van der Waals surface area contributed by atoms with Crippen LogP contribution in [0.3, 0.4) is 0 Å². The summed E-state index contributed by atoms with van der Waals surface area (Å²) in [5.41, 5.74) is 5.56. The predicted octanol–water partition coefficient (Wildman–Crippen LogP) is 2.84. The Morgan fingerprint density at radius 2 is 2.11 bits per heavy atom. The Morgan fingerprint density at radius 1 is 1.39 bits per heavy atom. The first-order chi connectivity index (χ1) is 8.48. The molecule has 3 N–H and O–H groups in total. The second kappa shape index (κ2) is 7.13. The van der Waals surface area contributed by atoms with Gasteiger partial charge < -0.3 is 11.1 Å². The van der Waals surface area contributed by atoms with E-state index in [-0.39, 0.29) is 17.4 Å². The molecule has 1 aliphatic rings. The molecule has 2 unspecified atom stereocenters. The normalized spacial score (nSPS) is 24.9. The third-order valence-electron chi connectivity index (χ3n) is 4.07. The van der Waals surface area contributed by atoms with Crippen LogP contribution in [0.4, 0.5) is 0 Å². The molecule has 0 aromatic heterocycles. The van der Waals surface area contributed by atoms with Gasteiger partial charge in [-0.2, -0.15) is 0 Å². The number of amides is 1. The van der Waals surface area contributed by atoms with Crippen molar-refractivity contribution in [2.45, 2.75) is 71.3 Å². The second-order valence-electron chi connectivity index (χ2n) is 6.43. The number of nitrogens with one attached hydrogen (secondary N) is 1. The molecule has 106 valence electrons. The van der Waals surface area contributed by atoms with E-state index in [2.05, 4.69) is 26.1 Å². The minimum Gasteiger partial charge on any atom is -0.351 e. The van der Waals surface area contributed by atoms with Crippen LogP contribution in [0.2, 0.25) is 0 Å². The highest BCUT2D eigenvalue weighted by Gasteiger charge is 2.29. The quantitative estimate of drug-likeness (QED) is 0.766. The highest BCUT2D eigenvalue weighted by Crippen LogP contribution is 2.31. The van der Waals surface area contributed by atoms with E-state index in [0.29, 0.717) is 5.92 Å². The van der Waals surface area contributed by atoms with Crippen molar-refractivity contribution in [1.29, 1.82) is 0 Å². The van der Waals surface area contributed by atoms with Crippen LogP contribution in [0.5, 0.6) is 0 Å². The molecule has 0 radical (unpaired) electrons. The van der Waals surface area contributed by atoms with E-state index in [9.17, 15) is 4.79 Å². The van der Waals surface area contributed by atoms with Crippen molar-refractivity contribution < 1.29 is 4.79 Å². The molecule has 1 amide bonds. The number of rotatable bonds is 6. The van der Waals surface area contributed by atoms with Crippen LogP contribution in [-0.2, 0) is 4.79 Å². The molecule has 18 heavy (non-hydrogen) atoms. The van der Waals surface area contributed by atoms with Gasteiger partial charge in [0, 0.05) is 11.5 Å². The minimum atomic E-state index is -0.0629. The van der Waals surface area contributed by atoms with Crippen molar-refractivity contribution in [3.63, 3.8) is 0 Å². The molecule has 1 fully saturated rings. The lowest BCUT2D eigenvalue weighted by atomic mass is 9.79. The fourth-order valence-corrected chi connectivity index (χ4v) is 3.15. The van der Waals surface area contributed by atoms with Gasteiger partial charge in [-0.3, -0.25) is 4.79 Å². The average Bonchev–Trinajstić information content (AvgIpc) is 2.29. The lowest BCUT2D eigenvalue weighted by Crippen LogP contribution is -2.46. The van der Waals surface area contributed by atoms with Crippen molar-refractivity contribution in [3.05, 3.63) is 0 Å². The van der Waals surface area contributed by atoms with Crippen LogP contribution in [-0.4, -0.2) is 18.0 Å². The third kappa shape index (κ3) is 4.97. The number of nitrogens with two attached hydrogens (primary N) is 1. The lowest BCUT2D eigenvalue weighted by Gasteiger charge is -2.32. The summed E-state index contributed by atoms with van der Waals surface area (Å²) in [6.45, 7) is 7.15. The summed E-state index contributed by atoms with van der Waals surface area (Å²) >= 11 is 0. The molecule has 0 bridgehead atoms. The summed E-state index contributed by atoms with van der Waals surface area (Å²) in [7, 11) is 0. The van der Waals surface area contributed by atoms with Gasteiger partial charge >= 0.3 is 0 Å². The largest absolute Gasteiger partial charge is 0.351 e. The van der Waals surface area contributed by atoms with E-state index < -0.39 is 0 Å². The summed E-state index contributed by atoms with van der Waals surface area (Å²) in [6.07, 6.45) is 7.73. The van der Waals surface area contributed by atoms with E-state index in [4.69, 9.17) is 5.73 Å². The van der Waals surface area contributed by atoms with Crippen LogP contribution in [0.15, 0.2) is 0 Å². The van der Waals surface area contributed by atoms with E-state index in [1.54, 1.807) is 0 Å². The predicted molar refractivity (Wildman–Crippen MR) is 76.2 cm³/mol. The molecule has 2 atom stereocenters. The molecule has 3 nitrogen and oxygen atoms in total. The number of carbonyl (C=O) groups is 1. The number of hydrogen-bond donors (Lipinski definition) is 2. The van der Waals surface area contributed by atoms with Crippen molar-refractivity contribution in [1.82, 2.24) is 5.32 Å². The first kappa shape index (κ1) is 15.5. The van der Waals surface area contributed by atoms with Gasteiger partial charge in [-0.15, -0.1) is 0 Å². The van der Waals surface area contributed by atoms with Crippen LogP contribution in [0, 0.1) is 11.8 Å². The molecular weight excluding hydrogens is 224 g/mol. The Bertz CT molecular complexity index is 261. The molecule has 0 aliphatic heterocycles. The molecule has 3 heteroatoms. The zero-order valence-electron chi connectivity index (χ0n) is 12.3. The van der Waals surface area contributed by atoms with E-state index >= 15 is 0 Å². The number of carbonyl (C=O) groups excluding carboxylic acids is 1. The Hall–Kier alpha value is -0.570. The Labute approximate surface area is 112 Å². The highest BCUT2D eigenvalue weighted by molar-refractivity contribution is 5.79. The van der Waals surface area contributed by atoms with Crippen molar-refractivity contribution in [2.75, 3.05) is 6.54 Å². The SMILES string of the molecule is CCCC(C)(C)NC(=O)C1CCCC(CCN)C1. The topological polar surface area (TPSA) is 55.1 Å². The van der Waals surface area contributed by atoms with E-state index in [1.807, 2.05) is 0 Å². The summed E-state index contributed by atoms with van der Waals surface area (Å²) in [4.78, 5) is 12.3. The summed E-state index contributed by atoms with van der Waals surface area (Å²) in [5.74, 6) is 1.13. The van der Waals surface area contributed by atoms with Crippen LogP contribution in [0.25, 0.3) is 0 Å². The maximum Gasteiger partial charge on any atom is 0.223 e. The molecule has 0 saturated heterocycles. The van der Waals surface area contributed by atoms with Gasteiger partial charge in [-0.1, -0.05) is 26.2 Å². The maximum atomic E-state index is 12.3. The van der Waals surface area contributed by atoms with Gasteiger partial charge in [0.1, 0.15) is 0 Å². The molecule has 0 heterocycles. The summed E-state index contributed by atoms with van der Waals surface area (Å²) < 4.78 is 0. The van der Waals surface area contributed by atoms with Gasteiger partial charge in [-0.25, -0.2) is 0 Å². The van der Waals surface area contributed by atoms with Gasteiger partial charge in [-0.05, 0) is 52.0 Å². The molecule has 1 saturated carbocycles. The molecule has 0 aromatic rings. The monoisotopic (exact) mass is 254 g/mol. The van der Waals surface area contributed by atoms with Crippen molar-refractivity contribution >= 4 is 5.91 Å². The summed E-state index contributed by atoms with van der Waals surface area (Å²) in [5, 5.41) is 3.22. The third-order valence-corrected chi connectivity index (χ3v) is 4.07. The van der Waals surface area contributed by atoms with E-state index in [0.717, 1.165) is 38.6 Å². The maximum absolute atomic E-state index is 12.3. The molecule has 0 spiro atoms. The van der Waals surface area contributed by atoms with Crippen LogP contribution >= 0.6 is 0 Å². The van der Waals surface area contributed by atoms with Crippen molar-refractivity contribution in [3.8, 4) is 0 Å². The molecule has 0 aromatic carbocycles. The van der Waals surface area contributed by atoms with Gasteiger partial charge in [0.2, 0.25) is 5.91 Å². The standard InChI is InChI=1S/C15H30N2O/c1-4-9-15(2,3)17-14(18)13-7-5-6-12(11-13)8-10-16/h12-13H,4-11,16H2,1-3H3,(H,17,18). The fourth-order valence-electron chi connectivity index (χ4n) is 3.15. The first-order valence-corrected chi connectivity index (χ1v) is 7.50. The van der Waals surface area contributed by atoms with Crippen LogP contribution in [0.1, 0.15) is 65.7 Å². The molecule has 1 rings (SSSR count). The molecule has 1 aliphatic carbocycles. The van der Waals surface area contributed by atoms with Gasteiger partial charge in [0.15, 0.2) is 0 Å². The average molecular weight is 254 g/mol. The first-order valence-electron chi connectivity index (χ1n) is 7.50. The number of hydrogen-bond acceptors (Lipinski definition) is 2. The zero-order valence-corrected chi connectivity index (χ0v) is 12.3. The highest BCUT2D eigenvalue weighted by atomic mass is 16.2. The zero-order chi connectivity index (χ0) is 13.6. The van der Waals surface area contributed by atoms with Gasteiger partial charge in [0.25, 0.3) is 0 Å². The minimum absolute atomic E-state index is 0.0629. The van der Waals surface area contributed by atoms with Gasteiger partial charge in [0.05, 0.1) is 0 Å². The second-order valence-corrected chi connectivity index (χ2v) is 6.43. The lowest BCUT2D eigenvalue weighted by molar-refractivity contribution is -0.128. The molecular formula is C15H30N2O.